The number of hydrogen-bond donors (Lipinski definition) is 1. The number of amides is 3. The topological polar surface area (TPSA) is 108 Å². The van der Waals surface area contributed by atoms with Crippen LogP contribution in [0.2, 0.25) is 0 Å². The first-order valence-corrected chi connectivity index (χ1v) is 6.67. The van der Waals surface area contributed by atoms with Gasteiger partial charge in [-0.25, -0.2) is 17.9 Å². The van der Waals surface area contributed by atoms with Crippen LogP contribution < -0.4 is 4.72 Å². The minimum atomic E-state index is -3.95. The van der Waals surface area contributed by atoms with E-state index in [1.807, 2.05) is 0 Å². The maximum Gasteiger partial charge on any atom is 0.360 e. The fraction of sp³-hybridized carbons (Fsp3) is 0.143. The van der Waals surface area contributed by atoms with Gasteiger partial charge in [0.1, 0.15) is 10.8 Å². The maximum absolute atomic E-state index is 11.6. The highest BCUT2D eigenvalue weighted by Crippen LogP contribution is 2.15. The Hall–Kier alpha value is -1.81. The zero-order chi connectivity index (χ0) is 12.5. The molecule has 1 N–H and O–H groups in total. The van der Waals surface area contributed by atoms with Crippen LogP contribution in [0.3, 0.4) is 0 Å². The molecule has 0 saturated heterocycles. The molecule has 17 heavy (non-hydrogen) atoms. The highest BCUT2D eigenvalue weighted by Gasteiger charge is 2.29. The zero-order valence-corrected chi connectivity index (χ0v) is 9.86. The summed E-state index contributed by atoms with van der Waals surface area (Å²) in [4.78, 5) is 22.5. The van der Waals surface area contributed by atoms with Crippen LogP contribution in [0.25, 0.3) is 0 Å². The summed E-state index contributed by atoms with van der Waals surface area (Å²) in [5.41, 5.74) is 0. The van der Waals surface area contributed by atoms with E-state index in [1.165, 1.54) is 12.1 Å². The lowest BCUT2D eigenvalue weighted by molar-refractivity contribution is -0.124. The number of carbonyl (C=O) groups is 2. The van der Waals surface area contributed by atoms with Gasteiger partial charge in [-0.2, -0.15) is 5.11 Å². The Balaban J connectivity index is 2.14. The van der Waals surface area contributed by atoms with Crippen LogP contribution in [0.4, 0.5) is 4.79 Å². The second kappa shape index (κ2) is 4.22. The van der Waals surface area contributed by atoms with E-state index in [4.69, 9.17) is 0 Å². The molecule has 10 heteroatoms. The van der Waals surface area contributed by atoms with Gasteiger partial charge in [0.05, 0.1) is 0 Å². The van der Waals surface area contributed by atoms with Crippen molar-refractivity contribution in [2.24, 2.45) is 10.3 Å². The lowest BCUT2D eigenvalue weighted by Gasteiger charge is -2.09. The van der Waals surface area contributed by atoms with E-state index in [-0.39, 0.29) is 10.8 Å². The first-order valence-electron chi connectivity index (χ1n) is 4.31. The summed E-state index contributed by atoms with van der Waals surface area (Å²) in [5, 5.41) is 8.46. The van der Waals surface area contributed by atoms with Gasteiger partial charge in [0.15, 0.2) is 0 Å². The molecule has 0 aliphatic carbocycles. The van der Waals surface area contributed by atoms with E-state index in [2.05, 4.69) is 10.3 Å². The second-order valence-corrected chi connectivity index (χ2v) is 5.79. The molecular formula is C7H6N4O4S2. The molecule has 2 heterocycles. The number of nitrogens with one attached hydrogen (secondary N) is 1. The third-order valence-corrected chi connectivity index (χ3v) is 4.49. The molecule has 3 amide bonds. The Morgan fingerprint density at radius 2 is 2.29 bits per heavy atom. The normalized spacial score (nSPS) is 15.3. The summed E-state index contributed by atoms with van der Waals surface area (Å²) >= 11 is 0.955. The van der Waals surface area contributed by atoms with Crippen molar-refractivity contribution in [3.05, 3.63) is 17.5 Å². The molecule has 90 valence electrons. The lowest BCUT2D eigenvalue weighted by Crippen LogP contribution is -2.41. The molecule has 0 fully saturated rings. The number of imide groups is 1. The highest BCUT2D eigenvalue weighted by atomic mass is 32.2. The maximum atomic E-state index is 11.6. The molecule has 1 aromatic rings. The van der Waals surface area contributed by atoms with Crippen molar-refractivity contribution in [3.8, 4) is 0 Å². The van der Waals surface area contributed by atoms with E-state index in [1.54, 1.807) is 10.1 Å². The van der Waals surface area contributed by atoms with Crippen LogP contribution >= 0.6 is 11.3 Å². The Morgan fingerprint density at radius 1 is 1.53 bits per heavy atom. The summed E-state index contributed by atoms with van der Waals surface area (Å²) in [6.45, 7) is -0.257. The number of thiophene rings is 1. The Morgan fingerprint density at radius 3 is 2.82 bits per heavy atom. The molecule has 2 rings (SSSR count). The molecule has 0 saturated carbocycles. The van der Waals surface area contributed by atoms with Crippen LogP contribution in [0.1, 0.15) is 0 Å². The van der Waals surface area contributed by atoms with E-state index < -0.39 is 22.0 Å². The Bertz CT molecular complexity index is 577. The minimum Gasteiger partial charge on any atom is -0.270 e. The van der Waals surface area contributed by atoms with Crippen molar-refractivity contribution in [2.75, 3.05) is 6.54 Å². The molecule has 1 aromatic heterocycles. The fourth-order valence-electron chi connectivity index (χ4n) is 1.05. The van der Waals surface area contributed by atoms with Crippen LogP contribution in [-0.2, 0) is 14.8 Å². The van der Waals surface area contributed by atoms with E-state index >= 15 is 0 Å². The van der Waals surface area contributed by atoms with Crippen molar-refractivity contribution in [1.82, 2.24) is 9.73 Å². The molecule has 1 aliphatic heterocycles. The van der Waals surface area contributed by atoms with Crippen LogP contribution in [0.15, 0.2) is 32.1 Å². The minimum absolute atomic E-state index is 0.0190. The van der Waals surface area contributed by atoms with Gasteiger partial charge in [0, 0.05) is 0 Å². The first kappa shape index (κ1) is 11.7. The molecule has 0 aromatic carbocycles. The van der Waals surface area contributed by atoms with Crippen molar-refractivity contribution < 1.29 is 18.0 Å². The summed E-state index contributed by atoms with van der Waals surface area (Å²) in [6.07, 6.45) is 0. The van der Waals surface area contributed by atoms with E-state index in [0.717, 1.165) is 11.3 Å². The van der Waals surface area contributed by atoms with Gasteiger partial charge in [0.2, 0.25) is 0 Å². The van der Waals surface area contributed by atoms with Crippen molar-refractivity contribution in [1.29, 1.82) is 0 Å². The fourth-order valence-corrected chi connectivity index (χ4v) is 2.97. The standard InChI is InChI=1S/C7H6N4O4S2/c12-5-4-8-10-11(5)7(13)9-17(14,15)6-2-1-3-16-6/h1-3H,4H2,(H,9,13). The van der Waals surface area contributed by atoms with Crippen molar-refractivity contribution >= 4 is 33.3 Å². The molecule has 1 aliphatic rings. The van der Waals surface area contributed by atoms with E-state index in [9.17, 15) is 18.0 Å². The summed E-state index contributed by atoms with van der Waals surface area (Å²) in [6, 6.07) is 1.74. The number of carbonyl (C=O) groups excluding carboxylic acids is 2. The lowest BCUT2D eigenvalue weighted by atomic mass is 10.6. The van der Waals surface area contributed by atoms with Crippen molar-refractivity contribution in [3.63, 3.8) is 0 Å². The number of sulfonamides is 1. The molecule has 0 spiro atoms. The summed E-state index contributed by atoms with van der Waals surface area (Å²) < 4.78 is 25.0. The van der Waals surface area contributed by atoms with Crippen LogP contribution in [0, 0.1) is 0 Å². The SMILES string of the molecule is O=C1CN=NN1C(=O)NS(=O)(=O)c1cccs1. The monoisotopic (exact) mass is 274 g/mol. The van der Waals surface area contributed by atoms with Crippen LogP contribution in [-0.4, -0.2) is 31.9 Å². The molecular weight excluding hydrogens is 268 g/mol. The first-order chi connectivity index (χ1) is 8.00. The van der Waals surface area contributed by atoms with Gasteiger partial charge in [-0.05, 0) is 11.4 Å². The third-order valence-electron chi connectivity index (χ3n) is 1.77. The molecule has 0 bridgehead atoms. The Kier molecular flexibility index (Phi) is 2.90. The quantitative estimate of drug-likeness (QED) is 0.839. The summed E-state index contributed by atoms with van der Waals surface area (Å²) in [7, 11) is -3.95. The predicted octanol–water partition coefficient (Wildman–Crippen LogP) is 0.356. The van der Waals surface area contributed by atoms with Gasteiger partial charge in [-0.3, -0.25) is 4.79 Å². The average Bonchev–Trinajstić information content (AvgIpc) is 2.85. The predicted molar refractivity (Wildman–Crippen MR) is 56.6 cm³/mol. The van der Waals surface area contributed by atoms with Gasteiger partial charge in [-0.15, -0.1) is 16.3 Å². The smallest absolute Gasteiger partial charge is 0.270 e. The van der Waals surface area contributed by atoms with Gasteiger partial charge >= 0.3 is 6.03 Å². The van der Waals surface area contributed by atoms with Crippen LogP contribution in [0.5, 0.6) is 0 Å². The second-order valence-electron chi connectivity index (χ2n) is 2.94. The highest BCUT2D eigenvalue weighted by molar-refractivity contribution is 7.92. The van der Waals surface area contributed by atoms with Crippen molar-refractivity contribution in [2.45, 2.75) is 4.21 Å². The molecule has 0 radical (unpaired) electrons. The molecule has 0 unspecified atom stereocenters. The largest absolute Gasteiger partial charge is 0.360 e. The Labute approximate surface area is 100.0 Å². The third kappa shape index (κ3) is 2.31. The molecule has 0 atom stereocenters. The number of urea groups is 1. The number of nitrogens with zero attached hydrogens (tertiary/aromatic N) is 3. The molecule has 8 nitrogen and oxygen atoms in total. The zero-order valence-electron chi connectivity index (χ0n) is 8.23. The van der Waals surface area contributed by atoms with Gasteiger partial charge in [0.25, 0.3) is 15.9 Å². The number of rotatable bonds is 2. The van der Waals surface area contributed by atoms with E-state index in [0.29, 0.717) is 5.01 Å². The van der Waals surface area contributed by atoms with Gasteiger partial charge in [-0.1, -0.05) is 11.3 Å². The van der Waals surface area contributed by atoms with Gasteiger partial charge < -0.3 is 0 Å². The summed E-state index contributed by atoms with van der Waals surface area (Å²) in [5.74, 6) is -0.677. The number of hydrogen-bond acceptors (Lipinski definition) is 7. The average molecular weight is 274 g/mol.